The molecule has 0 radical (unpaired) electrons. The van der Waals surface area contributed by atoms with Crippen LogP contribution < -0.4 is 0 Å². The minimum atomic E-state index is 0.872. The maximum Gasteiger partial charge on any atom is 0.0440 e. The van der Waals surface area contributed by atoms with Crippen LogP contribution >= 0.6 is 11.6 Å². The quantitative estimate of drug-likeness (QED) is 0.302. The van der Waals surface area contributed by atoms with Gasteiger partial charge in [0.25, 0.3) is 0 Å². The lowest BCUT2D eigenvalue weighted by Gasteiger charge is -2.08. The van der Waals surface area contributed by atoms with Gasteiger partial charge in [0.15, 0.2) is 0 Å². The first-order valence-corrected chi connectivity index (χ1v) is 10.7. The molecule has 0 aliphatic rings. The van der Waals surface area contributed by atoms with Crippen LogP contribution in [0.4, 0.5) is 0 Å². The number of rotatable bonds is 10. The molecule has 0 aliphatic carbocycles. The molecule has 0 N–H and O–H groups in total. The second-order valence-electron chi connectivity index (χ2n) is 7.47. The highest BCUT2D eigenvalue weighted by atomic mass is 35.5. The van der Waals surface area contributed by atoms with Gasteiger partial charge in [-0.25, -0.2) is 0 Å². The molecule has 0 aliphatic heterocycles. The smallest absolute Gasteiger partial charge is 0.0440 e. The maximum atomic E-state index is 6.44. The van der Waals surface area contributed by atoms with E-state index in [2.05, 4.69) is 79.9 Å². The molecule has 0 aromatic heterocycles. The summed E-state index contributed by atoms with van der Waals surface area (Å²) >= 11 is 6.44. The fourth-order valence-electron chi connectivity index (χ4n) is 3.49. The molecular formula is C28H29Cl. The van der Waals surface area contributed by atoms with Gasteiger partial charge in [0.2, 0.25) is 0 Å². The predicted molar refractivity (Wildman–Crippen MR) is 128 cm³/mol. The predicted octanol–water partition coefficient (Wildman–Crippen LogP) is 8.03. The summed E-state index contributed by atoms with van der Waals surface area (Å²) in [5.74, 6) is 0. The van der Waals surface area contributed by atoms with Crippen LogP contribution in [0.3, 0.4) is 0 Å². The van der Waals surface area contributed by atoms with E-state index in [4.69, 9.17) is 11.6 Å². The van der Waals surface area contributed by atoms with Crippen molar-refractivity contribution < 1.29 is 0 Å². The molecule has 0 unspecified atom stereocenters. The normalized spacial score (nSPS) is 10.7. The summed E-state index contributed by atoms with van der Waals surface area (Å²) < 4.78 is 0. The van der Waals surface area contributed by atoms with E-state index in [0.717, 1.165) is 43.5 Å². The van der Waals surface area contributed by atoms with E-state index in [1.807, 2.05) is 12.2 Å². The van der Waals surface area contributed by atoms with Crippen LogP contribution in [-0.2, 0) is 25.7 Å². The van der Waals surface area contributed by atoms with Crippen molar-refractivity contribution >= 4 is 11.6 Å². The number of hydrogen-bond donors (Lipinski definition) is 0. The van der Waals surface area contributed by atoms with Gasteiger partial charge in [0.1, 0.15) is 0 Å². The first-order chi connectivity index (χ1) is 14.2. The molecule has 0 heterocycles. The molecular weight excluding hydrogens is 372 g/mol. The Balaban J connectivity index is 1.58. The maximum absolute atomic E-state index is 6.44. The monoisotopic (exact) mass is 400 g/mol. The first kappa shape index (κ1) is 21.1. The summed E-state index contributed by atoms with van der Waals surface area (Å²) in [6.07, 6.45) is 9.92. The van der Waals surface area contributed by atoms with E-state index in [-0.39, 0.29) is 0 Å². The standard InChI is InChI=1S/C28H29Cl/c1-3-5-7-22-11-16-25(17-12-22)26-18-13-23(14-19-26)9-10-24-15-20-27(8-6-4-2)28(29)21-24/h3-4,11-21H,1-2,5-10H2. The third-order valence-corrected chi connectivity index (χ3v) is 5.67. The van der Waals surface area contributed by atoms with Gasteiger partial charge in [-0.3, -0.25) is 0 Å². The number of allylic oxidation sites excluding steroid dienone is 2. The zero-order chi connectivity index (χ0) is 20.5. The molecule has 3 aromatic carbocycles. The Bertz CT molecular complexity index is 933. The topological polar surface area (TPSA) is 0 Å². The van der Waals surface area contributed by atoms with Crippen LogP contribution in [0.15, 0.2) is 92.0 Å². The zero-order valence-electron chi connectivity index (χ0n) is 17.0. The van der Waals surface area contributed by atoms with Crippen molar-refractivity contribution in [3.8, 4) is 11.1 Å². The summed E-state index contributed by atoms with van der Waals surface area (Å²) in [5, 5.41) is 0.872. The van der Waals surface area contributed by atoms with Crippen molar-refractivity contribution in [1.82, 2.24) is 0 Å². The molecule has 29 heavy (non-hydrogen) atoms. The van der Waals surface area contributed by atoms with Crippen LogP contribution in [0.1, 0.15) is 35.1 Å². The van der Waals surface area contributed by atoms with Crippen LogP contribution in [0, 0.1) is 0 Å². The fourth-order valence-corrected chi connectivity index (χ4v) is 3.79. The van der Waals surface area contributed by atoms with Crippen molar-refractivity contribution in [2.45, 2.75) is 38.5 Å². The number of aryl methyl sites for hydroxylation is 4. The van der Waals surface area contributed by atoms with E-state index in [1.54, 1.807) is 0 Å². The number of benzene rings is 3. The van der Waals surface area contributed by atoms with E-state index in [0.29, 0.717) is 0 Å². The average Bonchev–Trinajstić information content (AvgIpc) is 2.76. The van der Waals surface area contributed by atoms with Gasteiger partial charge in [-0.1, -0.05) is 84.4 Å². The highest BCUT2D eigenvalue weighted by molar-refractivity contribution is 6.31. The molecule has 3 aromatic rings. The van der Waals surface area contributed by atoms with E-state index in [9.17, 15) is 0 Å². The second-order valence-corrected chi connectivity index (χ2v) is 7.88. The van der Waals surface area contributed by atoms with E-state index in [1.165, 1.54) is 33.4 Å². The minimum Gasteiger partial charge on any atom is -0.103 e. The van der Waals surface area contributed by atoms with Crippen LogP contribution in [-0.4, -0.2) is 0 Å². The molecule has 0 fully saturated rings. The van der Waals surface area contributed by atoms with Crippen molar-refractivity contribution in [2.24, 2.45) is 0 Å². The van der Waals surface area contributed by atoms with Crippen LogP contribution in [0.5, 0.6) is 0 Å². The average molecular weight is 401 g/mol. The molecule has 0 amide bonds. The minimum absolute atomic E-state index is 0.872. The van der Waals surface area contributed by atoms with E-state index >= 15 is 0 Å². The third-order valence-electron chi connectivity index (χ3n) is 5.32. The van der Waals surface area contributed by atoms with Gasteiger partial charge in [-0.05, 0) is 78.0 Å². The van der Waals surface area contributed by atoms with Crippen molar-refractivity contribution in [1.29, 1.82) is 0 Å². The van der Waals surface area contributed by atoms with Gasteiger partial charge in [-0.2, -0.15) is 0 Å². The summed E-state index contributed by atoms with van der Waals surface area (Å²) in [4.78, 5) is 0. The van der Waals surface area contributed by atoms with Crippen molar-refractivity contribution in [3.05, 3.63) is 119 Å². The summed E-state index contributed by atoms with van der Waals surface area (Å²) in [6.45, 7) is 7.57. The van der Waals surface area contributed by atoms with Crippen molar-refractivity contribution in [3.63, 3.8) is 0 Å². The van der Waals surface area contributed by atoms with Gasteiger partial charge in [0.05, 0.1) is 0 Å². The third kappa shape index (κ3) is 6.21. The molecule has 0 nitrogen and oxygen atoms in total. The van der Waals surface area contributed by atoms with Crippen LogP contribution in [0.2, 0.25) is 5.02 Å². The zero-order valence-corrected chi connectivity index (χ0v) is 17.8. The van der Waals surface area contributed by atoms with Crippen LogP contribution in [0.25, 0.3) is 11.1 Å². The lowest BCUT2D eigenvalue weighted by atomic mass is 9.98. The molecule has 0 spiro atoms. The summed E-state index contributed by atoms with van der Waals surface area (Å²) in [7, 11) is 0. The second kappa shape index (κ2) is 10.8. The Morgan fingerprint density at radius 3 is 1.62 bits per heavy atom. The Morgan fingerprint density at radius 1 is 0.586 bits per heavy atom. The summed E-state index contributed by atoms with van der Waals surface area (Å²) in [6, 6.07) is 24.2. The van der Waals surface area contributed by atoms with Gasteiger partial charge in [0, 0.05) is 5.02 Å². The number of hydrogen-bond acceptors (Lipinski definition) is 0. The molecule has 3 rings (SSSR count). The molecule has 0 saturated heterocycles. The van der Waals surface area contributed by atoms with Crippen molar-refractivity contribution in [2.75, 3.05) is 0 Å². The Morgan fingerprint density at radius 2 is 1.07 bits per heavy atom. The molecule has 148 valence electrons. The first-order valence-electron chi connectivity index (χ1n) is 10.4. The molecule has 0 atom stereocenters. The largest absolute Gasteiger partial charge is 0.103 e. The number of halogens is 1. The lowest BCUT2D eigenvalue weighted by Crippen LogP contribution is -1.94. The summed E-state index contributed by atoms with van der Waals surface area (Å²) in [5.41, 5.74) is 7.73. The van der Waals surface area contributed by atoms with Gasteiger partial charge >= 0.3 is 0 Å². The Kier molecular flexibility index (Phi) is 7.90. The SMILES string of the molecule is C=CCCc1ccc(-c2ccc(CCc3ccc(CCC=C)c(Cl)c3)cc2)cc1. The Hall–Kier alpha value is -2.57. The highest BCUT2D eigenvalue weighted by Gasteiger charge is 2.04. The fraction of sp³-hybridized carbons (Fsp3) is 0.214. The van der Waals surface area contributed by atoms with Gasteiger partial charge in [-0.15, -0.1) is 13.2 Å². The molecule has 0 bridgehead atoms. The molecule has 1 heteroatoms. The lowest BCUT2D eigenvalue weighted by molar-refractivity contribution is 0.951. The van der Waals surface area contributed by atoms with Gasteiger partial charge < -0.3 is 0 Å². The molecule has 0 saturated carbocycles. The van der Waals surface area contributed by atoms with E-state index < -0.39 is 0 Å². The Labute approximate surface area is 180 Å². The highest BCUT2D eigenvalue weighted by Crippen LogP contribution is 2.23.